The second-order valence-corrected chi connectivity index (χ2v) is 6.07. The van der Waals surface area contributed by atoms with Crippen LogP contribution in [0.4, 0.5) is 0 Å². The molecule has 2 amide bonds. The number of amides is 2. The molecule has 0 aliphatic carbocycles. The Morgan fingerprint density at radius 1 is 1.23 bits per heavy atom. The molecule has 0 aliphatic heterocycles. The van der Waals surface area contributed by atoms with Crippen LogP contribution >= 0.6 is 11.5 Å². The average Bonchev–Trinajstić information content (AvgIpc) is 3.32. The molecule has 0 bridgehead atoms. The van der Waals surface area contributed by atoms with Crippen LogP contribution in [-0.2, 0) is 16.0 Å². The molecule has 0 aromatic carbocycles. The maximum absolute atomic E-state index is 12.7. The highest BCUT2D eigenvalue weighted by Gasteiger charge is 2.27. The number of pyridine rings is 1. The van der Waals surface area contributed by atoms with E-state index in [-0.39, 0.29) is 12.0 Å². The van der Waals surface area contributed by atoms with Gasteiger partial charge in [0.2, 0.25) is 5.78 Å². The number of ketones is 1. The van der Waals surface area contributed by atoms with Crippen LogP contribution in [0.3, 0.4) is 0 Å². The molecule has 1 unspecified atom stereocenters. The zero-order valence-corrected chi connectivity index (χ0v) is 14.3. The number of nitrogens with zero attached hydrogens (tertiary/aromatic N) is 2. The molecule has 3 aromatic rings. The van der Waals surface area contributed by atoms with Crippen molar-refractivity contribution in [2.45, 2.75) is 12.5 Å². The molecule has 3 rings (SSSR count). The number of aromatic nitrogens is 3. The summed E-state index contributed by atoms with van der Waals surface area (Å²) in [5.74, 6) is -2.49. The van der Waals surface area contributed by atoms with Crippen molar-refractivity contribution in [1.82, 2.24) is 19.7 Å². The molecule has 3 heterocycles. The number of Topliss-reactive ketones (excluding diaryl/α,β-unsaturated/α-hetero) is 1. The van der Waals surface area contributed by atoms with Gasteiger partial charge in [-0.15, -0.1) is 0 Å². The lowest BCUT2D eigenvalue weighted by molar-refractivity contribution is -0.137. The fourth-order valence-electron chi connectivity index (χ4n) is 2.42. The monoisotopic (exact) mass is 369 g/mol. The van der Waals surface area contributed by atoms with E-state index in [1.165, 1.54) is 0 Å². The minimum absolute atomic E-state index is 0.122. The van der Waals surface area contributed by atoms with E-state index in [9.17, 15) is 14.4 Å². The van der Waals surface area contributed by atoms with Gasteiger partial charge in [-0.3, -0.25) is 19.4 Å². The van der Waals surface area contributed by atoms with Gasteiger partial charge < -0.3 is 16.0 Å². The highest BCUT2D eigenvalue weighted by atomic mass is 32.1. The predicted octanol–water partition coefficient (Wildman–Crippen LogP) is 0.929. The molecule has 1 atom stereocenters. The standard InChI is InChI=1S/C17H15N5O3S/c18-16(24)15(23)13(8-10-4-3-7-19-10)21-17(25)11-9-26-22-14(11)12-5-1-2-6-20-12/h1-7,9,13,19H,8H2,(H2,18,24)(H,21,25). The number of hydrogen-bond acceptors (Lipinski definition) is 6. The van der Waals surface area contributed by atoms with Crippen molar-refractivity contribution >= 4 is 29.1 Å². The highest BCUT2D eigenvalue weighted by molar-refractivity contribution is 7.04. The van der Waals surface area contributed by atoms with Crippen molar-refractivity contribution in [1.29, 1.82) is 0 Å². The third-order valence-electron chi connectivity index (χ3n) is 3.67. The van der Waals surface area contributed by atoms with Gasteiger partial charge in [0, 0.05) is 29.9 Å². The number of rotatable bonds is 7. The quantitative estimate of drug-likeness (QED) is 0.533. The van der Waals surface area contributed by atoms with Gasteiger partial charge >= 0.3 is 0 Å². The van der Waals surface area contributed by atoms with E-state index in [0.29, 0.717) is 17.1 Å². The molecule has 132 valence electrons. The zero-order chi connectivity index (χ0) is 18.5. The van der Waals surface area contributed by atoms with Crippen molar-refractivity contribution in [3.05, 3.63) is 59.4 Å². The fraction of sp³-hybridized carbons (Fsp3) is 0.118. The summed E-state index contributed by atoms with van der Waals surface area (Å²) in [6, 6.07) is 7.71. The van der Waals surface area contributed by atoms with Crippen LogP contribution in [0.5, 0.6) is 0 Å². The maximum atomic E-state index is 12.7. The summed E-state index contributed by atoms with van der Waals surface area (Å²) in [5, 5.41) is 4.15. The summed E-state index contributed by atoms with van der Waals surface area (Å²) in [5.41, 5.74) is 7.04. The summed E-state index contributed by atoms with van der Waals surface area (Å²) in [6.45, 7) is 0. The number of H-pyrrole nitrogens is 1. The Hall–Kier alpha value is -3.33. The summed E-state index contributed by atoms with van der Waals surface area (Å²) in [6.07, 6.45) is 3.41. The van der Waals surface area contributed by atoms with Crippen LogP contribution in [-0.4, -0.2) is 38.0 Å². The summed E-state index contributed by atoms with van der Waals surface area (Å²) >= 11 is 1.10. The average molecular weight is 369 g/mol. The van der Waals surface area contributed by atoms with Gasteiger partial charge in [-0.05, 0) is 35.8 Å². The topological polar surface area (TPSA) is 131 Å². The van der Waals surface area contributed by atoms with Crippen molar-refractivity contribution in [3.8, 4) is 11.4 Å². The third-order valence-corrected chi connectivity index (χ3v) is 4.30. The highest BCUT2D eigenvalue weighted by Crippen LogP contribution is 2.22. The van der Waals surface area contributed by atoms with Gasteiger partial charge in [0.05, 0.1) is 11.3 Å². The Balaban J connectivity index is 1.83. The van der Waals surface area contributed by atoms with Crippen molar-refractivity contribution in [3.63, 3.8) is 0 Å². The van der Waals surface area contributed by atoms with E-state index < -0.39 is 23.6 Å². The summed E-state index contributed by atoms with van der Waals surface area (Å²) in [4.78, 5) is 43.2. The van der Waals surface area contributed by atoms with E-state index in [1.807, 2.05) is 0 Å². The lowest BCUT2D eigenvalue weighted by Gasteiger charge is -2.15. The van der Waals surface area contributed by atoms with E-state index in [2.05, 4.69) is 19.7 Å². The molecule has 0 saturated carbocycles. The molecule has 0 aliphatic rings. The molecule has 0 fully saturated rings. The lowest BCUT2D eigenvalue weighted by atomic mass is 10.1. The van der Waals surface area contributed by atoms with E-state index in [4.69, 9.17) is 5.73 Å². The molecule has 9 heteroatoms. The first kappa shape index (κ1) is 17.5. The Morgan fingerprint density at radius 2 is 2.08 bits per heavy atom. The van der Waals surface area contributed by atoms with Gasteiger partial charge in [-0.25, -0.2) is 0 Å². The SMILES string of the molecule is NC(=O)C(=O)C(Cc1ccc[nH]1)NC(=O)c1csnc1-c1ccccn1. The van der Waals surface area contributed by atoms with Gasteiger partial charge in [0.1, 0.15) is 11.7 Å². The van der Waals surface area contributed by atoms with Crippen molar-refractivity contribution < 1.29 is 14.4 Å². The minimum Gasteiger partial charge on any atom is -0.365 e. The van der Waals surface area contributed by atoms with Crippen molar-refractivity contribution in [2.24, 2.45) is 5.73 Å². The first-order valence-corrected chi connectivity index (χ1v) is 8.52. The molecule has 4 N–H and O–H groups in total. The summed E-state index contributed by atoms with van der Waals surface area (Å²) in [7, 11) is 0. The number of hydrogen-bond donors (Lipinski definition) is 3. The van der Waals surface area contributed by atoms with Gasteiger partial charge in [0.25, 0.3) is 11.8 Å². The van der Waals surface area contributed by atoms with Gasteiger partial charge in [-0.2, -0.15) is 4.37 Å². The lowest BCUT2D eigenvalue weighted by Crippen LogP contribution is -2.47. The third kappa shape index (κ3) is 3.83. The second kappa shape index (κ2) is 7.70. The number of aromatic amines is 1. The molecule has 3 aromatic heterocycles. The Labute approximate surface area is 152 Å². The minimum atomic E-state index is -1.10. The first-order chi connectivity index (χ1) is 12.6. The van der Waals surface area contributed by atoms with Crippen molar-refractivity contribution in [2.75, 3.05) is 0 Å². The molecular weight excluding hydrogens is 354 g/mol. The van der Waals surface area contributed by atoms with Gasteiger partial charge in [-0.1, -0.05) is 6.07 Å². The second-order valence-electron chi connectivity index (χ2n) is 5.45. The molecule has 8 nitrogen and oxygen atoms in total. The van der Waals surface area contributed by atoms with E-state index in [0.717, 1.165) is 11.5 Å². The predicted molar refractivity (Wildman–Crippen MR) is 95.3 cm³/mol. The normalized spacial score (nSPS) is 11.7. The number of carbonyl (C=O) groups excluding carboxylic acids is 3. The van der Waals surface area contributed by atoms with Crippen LogP contribution < -0.4 is 11.1 Å². The molecular formula is C17H15N5O3S. The number of nitrogens with two attached hydrogens (primary N) is 1. The van der Waals surface area contributed by atoms with E-state index in [1.54, 1.807) is 48.1 Å². The smallest absolute Gasteiger partial charge is 0.287 e. The molecule has 26 heavy (non-hydrogen) atoms. The van der Waals surface area contributed by atoms with Crippen LogP contribution in [0, 0.1) is 0 Å². The molecule has 0 spiro atoms. The zero-order valence-electron chi connectivity index (χ0n) is 13.5. The fourth-order valence-corrected chi connectivity index (χ4v) is 3.09. The van der Waals surface area contributed by atoms with Crippen LogP contribution in [0.1, 0.15) is 16.1 Å². The van der Waals surface area contributed by atoms with Crippen LogP contribution in [0.2, 0.25) is 0 Å². The number of primary amides is 1. The van der Waals surface area contributed by atoms with Crippen LogP contribution in [0.15, 0.2) is 48.1 Å². The maximum Gasteiger partial charge on any atom is 0.287 e. The molecule has 0 radical (unpaired) electrons. The van der Waals surface area contributed by atoms with E-state index >= 15 is 0 Å². The van der Waals surface area contributed by atoms with Gasteiger partial charge in [0.15, 0.2) is 0 Å². The Bertz CT molecular complexity index is 921. The Morgan fingerprint density at radius 3 is 2.73 bits per heavy atom. The van der Waals surface area contributed by atoms with Crippen LogP contribution in [0.25, 0.3) is 11.4 Å². The first-order valence-electron chi connectivity index (χ1n) is 7.69. The largest absolute Gasteiger partial charge is 0.365 e. The summed E-state index contributed by atoms with van der Waals surface area (Å²) < 4.78 is 4.21. The Kier molecular flexibility index (Phi) is 5.18. The number of nitrogens with one attached hydrogen (secondary N) is 2. The number of carbonyl (C=O) groups is 3. The molecule has 0 saturated heterocycles.